The minimum Gasteiger partial charge on any atom is -0.443 e. The van der Waals surface area contributed by atoms with Gasteiger partial charge in [0.25, 0.3) is 0 Å². The van der Waals surface area contributed by atoms with Crippen molar-refractivity contribution in [3.63, 3.8) is 0 Å². The Morgan fingerprint density at radius 2 is 2.18 bits per heavy atom. The molecule has 0 fully saturated rings. The molecule has 0 bridgehead atoms. The lowest BCUT2D eigenvalue weighted by atomic mass is 10.2. The van der Waals surface area contributed by atoms with Crippen molar-refractivity contribution in [2.24, 2.45) is 5.73 Å². The standard InChI is InChI=1S/C10H16N2O4S/c1-10(2,3)16-9(14)12-6-17-5-7(12)15-8(13)4-11/h5H,4,6,11H2,1-3H3. The van der Waals surface area contributed by atoms with Crippen LogP contribution in [0.25, 0.3) is 0 Å². The summed E-state index contributed by atoms with van der Waals surface area (Å²) in [6.45, 7) is 5.07. The molecule has 0 saturated heterocycles. The predicted octanol–water partition coefficient (Wildman–Crippen LogP) is 1.23. The molecule has 96 valence electrons. The molecule has 0 aromatic rings. The number of hydrogen-bond donors (Lipinski definition) is 1. The van der Waals surface area contributed by atoms with Gasteiger partial charge in [0.05, 0.1) is 12.4 Å². The van der Waals surface area contributed by atoms with E-state index in [2.05, 4.69) is 0 Å². The van der Waals surface area contributed by atoms with Crippen LogP contribution in [-0.4, -0.2) is 35.0 Å². The minimum atomic E-state index is -0.590. The van der Waals surface area contributed by atoms with Gasteiger partial charge in [-0.15, -0.1) is 11.8 Å². The van der Waals surface area contributed by atoms with Crippen LogP contribution < -0.4 is 5.73 Å². The van der Waals surface area contributed by atoms with Crippen molar-refractivity contribution in [2.45, 2.75) is 26.4 Å². The topological polar surface area (TPSA) is 81.9 Å². The highest BCUT2D eigenvalue weighted by Crippen LogP contribution is 2.26. The third-order valence-electron chi connectivity index (χ3n) is 1.65. The van der Waals surface area contributed by atoms with Gasteiger partial charge in [-0.2, -0.15) is 0 Å². The zero-order valence-corrected chi connectivity index (χ0v) is 10.9. The number of thioether (sulfide) groups is 1. The molecular weight excluding hydrogens is 244 g/mol. The Bertz CT molecular complexity index is 349. The lowest BCUT2D eigenvalue weighted by Gasteiger charge is -2.24. The second-order valence-electron chi connectivity index (χ2n) is 4.34. The van der Waals surface area contributed by atoms with Gasteiger partial charge in [-0.05, 0) is 20.8 Å². The molecular formula is C10H16N2O4S. The fourth-order valence-electron chi connectivity index (χ4n) is 1.01. The van der Waals surface area contributed by atoms with E-state index in [1.165, 1.54) is 16.7 Å². The first-order chi connectivity index (χ1) is 7.83. The van der Waals surface area contributed by atoms with Crippen molar-refractivity contribution in [1.29, 1.82) is 0 Å². The Labute approximate surface area is 104 Å². The first kappa shape index (κ1) is 13.9. The lowest BCUT2D eigenvalue weighted by molar-refractivity contribution is -0.139. The summed E-state index contributed by atoms with van der Waals surface area (Å²) in [7, 11) is 0. The summed E-state index contributed by atoms with van der Waals surface area (Å²) in [6, 6.07) is 0. The highest BCUT2D eigenvalue weighted by atomic mass is 32.2. The molecule has 0 atom stereocenters. The number of esters is 1. The smallest absolute Gasteiger partial charge is 0.417 e. The Balaban J connectivity index is 2.62. The van der Waals surface area contributed by atoms with Gasteiger partial charge in [0.2, 0.25) is 5.88 Å². The van der Waals surface area contributed by atoms with Crippen molar-refractivity contribution in [3.05, 3.63) is 11.3 Å². The van der Waals surface area contributed by atoms with E-state index in [0.717, 1.165) is 0 Å². The van der Waals surface area contributed by atoms with Crippen LogP contribution in [0, 0.1) is 0 Å². The van der Waals surface area contributed by atoms with Gasteiger partial charge in [0.15, 0.2) is 0 Å². The third-order valence-corrected chi connectivity index (χ3v) is 2.43. The van der Waals surface area contributed by atoms with Crippen LogP contribution in [0.4, 0.5) is 4.79 Å². The summed E-state index contributed by atoms with van der Waals surface area (Å²) in [5.74, 6) is -0.0609. The molecule has 17 heavy (non-hydrogen) atoms. The molecule has 0 radical (unpaired) electrons. The fourth-order valence-corrected chi connectivity index (χ4v) is 1.78. The van der Waals surface area contributed by atoms with Crippen molar-refractivity contribution < 1.29 is 19.1 Å². The number of rotatable bonds is 2. The van der Waals surface area contributed by atoms with E-state index in [1.54, 1.807) is 26.2 Å². The molecule has 6 nitrogen and oxygen atoms in total. The largest absolute Gasteiger partial charge is 0.443 e. The van der Waals surface area contributed by atoms with Gasteiger partial charge in [0, 0.05) is 5.41 Å². The molecule has 0 aliphatic carbocycles. The van der Waals surface area contributed by atoms with Gasteiger partial charge in [-0.25, -0.2) is 9.69 Å². The average Bonchev–Trinajstić information content (AvgIpc) is 2.63. The molecule has 7 heteroatoms. The second-order valence-corrected chi connectivity index (χ2v) is 5.17. The SMILES string of the molecule is CC(C)(C)OC(=O)N1CSC=C1OC(=O)CN. The summed E-state index contributed by atoms with van der Waals surface area (Å²) in [4.78, 5) is 24.1. The highest BCUT2D eigenvalue weighted by Gasteiger charge is 2.29. The van der Waals surface area contributed by atoms with Crippen molar-refractivity contribution >= 4 is 23.8 Å². The fraction of sp³-hybridized carbons (Fsp3) is 0.600. The third kappa shape index (κ3) is 4.27. The van der Waals surface area contributed by atoms with Crippen LogP contribution in [0.3, 0.4) is 0 Å². The molecule has 1 aliphatic heterocycles. The Morgan fingerprint density at radius 3 is 2.71 bits per heavy atom. The van der Waals surface area contributed by atoms with Gasteiger partial charge in [0.1, 0.15) is 5.60 Å². The summed E-state index contributed by atoms with van der Waals surface area (Å²) in [6.07, 6.45) is -0.543. The van der Waals surface area contributed by atoms with Crippen molar-refractivity contribution in [1.82, 2.24) is 4.90 Å². The normalized spacial score (nSPS) is 15.5. The number of carbonyl (C=O) groups excluding carboxylic acids is 2. The zero-order valence-electron chi connectivity index (χ0n) is 10.1. The van der Waals surface area contributed by atoms with E-state index < -0.39 is 17.7 Å². The minimum absolute atomic E-state index is 0.166. The maximum atomic E-state index is 11.8. The van der Waals surface area contributed by atoms with Gasteiger partial charge in [-0.1, -0.05) is 0 Å². The van der Waals surface area contributed by atoms with Crippen molar-refractivity contribution in [2.75, 3.05) is 12.4 Å². The molecule has 0 aromatic heterocycles. The van der Waals surface area contributed by atoms with Gasteiger partial charge >= 0.3 is 12.1 Å². The number of carbonyl (C=O) groups is 2. The van der Waals surface area contributed by atoms with Crippen LogP contribution >= 0.6 is 11.8 Å². The van der Waals surface area contributed by atoms with Crippen LogP contribution in [0.2, 0.25) is 0 Å². The lowest BCUT2D eigenvalue weighted by Crippen LogP contribution is -2.36. The molecule has 1 aliphatic rings. The molecule has 1 amide bonds. The molecule has 0 saturated carbocycles. The van der Waals surface area contributed by atoms with Crippen LogP contribution in [0.5, 0.6) is 0 Å². The summed E-state index contributed by atoms with van der Waals surface area (Å²) < 4.78 is 10.1. The summed E-state index contributed by atoms with van der Waals surface area (Å²) >= 11 is 1.34. The zero-order chi connectivity index (χ0) is 13.1. The summed E-state index contributed by atoms with van der Waals surface area (Å²) in [5, 5.41) is 1.58. The van der Waals surface area contributed by atoms with E-state index >= 15 is 0 Å². The van der Waals surface area contributed by atoms with Crippen LogP contribution in [0.1, 0.15) is 20.8 Å². The highest BCUT2D eigenvalue weighted by molar-refractivity contribution is 8.02. The summed E-state index contributed by atoms with van der Waals surface area (Å²) in [5.41, 5.74) is 4.54. The van der Waals surface area contributed by atoms with Crippen molar-refractivity contribution in [3.8, 4) is 0 Å². The van der Waals surface area contributed by atoms with E-state index in [4.69, 9.17) is 15.2 Å². The number of amides is 1. The first-order valence-corrected chi connectivity index (χ1v) is 6.11. The maximum Gasteiger partial charge on any atom is 0.417 e. The number of hydrogen-bond acceptors (Lipinski definition) is 6. The number of nitrogens with two attached hydrogens (primary N) is 1. The molecule has 0 unspecified atom stereocenters. The second kappa shape index (κ2) is 5.42. The van der Waals surface area contributed by atoms with E-state index in [9.17, 15) is 9.59 Å². The molecule has 1 heterocycles. The molecule has 0 spiro atoms. The molecule has 0 aromatic carbocycles. The average molecular weight is 260 g/mol. The Hall–Kier alpha value is -1.21. The number of nitrogens with zero attached hydrogens (tertiary/aromatic N) is 1. The van der Waals surface area contributed by atoms with Gasteiger partial charge < -0.3 is 15.2 Å². The van der Waals surface area contributed by atoms with Crippen LogP contribution in [0.15, 0.2) is 11.3 Å². The molecule has 1 rings (SSSR count). The molecule has 2 N–H and O–H groups in total. The van der Waals surface area contributed by atoms with E-state index in [0.29, 0.717) is 5.88 Å². The Kier molecular flexibility index (Phi) is 4.41. The first-order valence-electron chi connectivity index (χ1n) is 5.06. The Morgan fingerprint density at radius 1 is 1.53 bits per heavy atom. The van der Waals surface area contributed by atoms with E-state index in [-0.39, 0.29) is 12.4 Å². The van der Waals surface area contributed by atoms with Crippen LogP contribution in [-0.2, 0) is 14.3 Å². The monoisotopic (exact) mass is 260 g/mol. The van der Waals surface area contributed by atoms with E-state index in [1.807, 2.05) is 0 Å². The maximum absolute atomic E-state index is 11.8. The van der Waals surface area contributed by atoms with Gasteiger partial charge in [-0.3, -0.25) is 4.79 Å². The quantitative estimate of drug-likeness (QED) is 0.752. The number of ether oxygens (including phenoxy) is 2. The predicted molar refractivity (Wildman–Crippen MR) is 63.8 cm³/mol.